The average molecular weight is 371 g/mol. The lowest BCUT2D eigenvalue weighted by atomic mass is 10.1. The van der Waals surface area contributed by atoms with Crippen molar-refractivity contribution < 1.29 is 23.5 Å². The van der Waals surface area contributed by atoms with E-state index in [0.29, 0.717) is 47.7 Å². The van der Waals surface area contributed by atoms with Gasteiger partial charge < -0.3 is 24.3 Å². The summed E-state index contributed by atoms with van der Waals surface area (Å²) in [5.74, 6) is 0.653. The summed E-state index contributed by atoms with van der Waals surface area (Å²) in [6, 6.07) is 4.76. The van der Waals surface area contributed by atoms with Gasteiger partial charge in [0, 0.05) is 18.5 Å². The molecule has 2 saturated heterocycles. The summed E-state index contributed by atoms with van der Waals surface area (Å²) in [5, 5.41) is 3.27. The first-order valence-corrected chi connectivity index (χ1v) is 9.02. The van der Waals surface area contributed by atoms with E-state index < -0.39 is 6.04 Å². The molecule has 2 fully saturated rings. The van der Waals surface area contributed by atoms with Crippen LogP contribution in [0.25, 0.3) is 11.0 Å². The highest BCUT2D eigenvalue weighted by atomic mass is 16.5. The third kappa shape index (κ3) is 2.90. The molecule has 8 heteroatoms. The lowest BCUT2D eigenvalue weighted by molar-refractivity contribution is -0.148. The zero-order valence-corrected chi connectivity index (χ0v) is 15.3. The van der Waals surface area contributed by atoms with E-state index in [1.165, 1.54) is 0 Å². The summed E-state index contributed by atoms with van der Waals surface area (Å²) >= 11 is 0. The summed E-state index contributed by atoms with van der Waals surface area (Å²) in [4.78, 5) is 40.5. The summed E-state index contributed by atoms with van der Waals surface area (Å²) in [6.45, 7) is 5.10. The monoisotopic (exact) mass is 371 g/mol. The zero-order chi connectivity index (χ0) is 19.1. The number of nitrogens with zero attached hydrogens (tertiary/aromatic N) is 2. The van der Waals surface area contributed by atoms with Gasteiger partial charge in [-0.25, -0.2) is 0 Å². The van der Waals surface area contributed by atoms with Gasteiger partial charge in [0.25, 0.3) is 5.91 Å². The summed E-state index contributed by atoms with van der Waals surface area (Å²) in [5.41, 5.74) is 1.09. The number of furan rings is 1. The maximum absolute atomic E-state index is 13.2. The van der Waals surface area contributed by atoms with Crippen LogP contribution in [0.3, 0.4) is 0 Å². The number of fused-ring (bicyclic) bond motifs is 2. The van der Waals surface area contributed by atoms with Crippen LogP contribution in [0.4, 0.5) is 0 Å². The Bertz CT molecular complexity index is 935. The van der Waals surface area contributed by atoms with Gasteiger partial charge in [-0.3, -0.25) is 14.4 Å². The largest absolute Gasteiger partial charge is 0.494 e. The molecule has 3 heterocycles. The Balaban J connectivity index is 1.65. The molecule has 0 saturated carbocycles. The van der Waals surface area contributed by atoms with Crippen LogP contribution in [0, 0.1) is 6.92 Å². The molecule has 0 spiro atoms. The van der Waals surface area contributed by atoms with E-state index in [1.807, 2.05) is 6.92 Å². The van der Waals surface area contributed by atoms with E-state index in [9.17, 15) is 14.4 Å². The molecule has 4 rings (SSSR count). The molecule has 2 aliphatic heterocycles. The number of benzene rings is 1. The summed E-state index contributed by atoms with van der Waals surface area (Å²) < 4.78 is 11.3. The average Bonchev–Trinajstić information content (AvgIpc) is 2.99. The maximum atomic E-state index is 13.2. The molecule has 1 atom stereocenters. The molecule has 3 amide bonds. The van der Waals surface area contributed by atoms with Gasteiger partial charge in [-0.05, 0) is 32.0 Å². The minimum absolute atomic E-state index is 0.0228. The van der Waals surface area contributed by atoms with Crippen LogP contribution in [-0.4, -0.2) is 66.3 Å². The lowest BCUT2D eigenvalue weighted by Crippen LogP contribution is -2.66. The van der Waals surface area contributed by atoms with Crippen LogP contribution in [0.15, 0.2) is 22.6 Å². The molecule has 1 aromatic carbocycles. The minimum atomic E-state index is -0.638. The van der Waals surface area contributed by atoms with Crippen molar-refractivity contribution in [2.45, 2.75) is 19.9 Å². The summed E-state index contributed by atoms with van der Waals surface area (Å²) in [6.07, 6.45) is 0. The summed E-state index contributed by atoms with van der Waals surface area (Å²) in [7, 11) is 0. The van der Waals surface area contributed by atoms with Crippen LogP contribution in [0.5, 0.6) is 5.75 Å². The third-order valence-electron chi connectivity index (χ3n) is 5.06. The molecule has 8 nitrogen and oxygen atoms in total. The van der Waals surface area contributed by atoms with Gasteiger partial charge >= 0.3 is 0 Å². The third-order valence-corrected chi connectivity index (χ3v) is 5.06. The number of nitrogens with one attached hydrogen (secondary N) is 1. The fourth-order valence-corrected chi connectivity index (χ4v) is 3.75. The second kappa shape index (κ2) is 6.61. The topological polar surface area (TPSA) is 92.1 Å². The molecule has 2 aliphatic rings. The first-order chi connectivity index (χ1) is 13.0. The van der Waals surface area contributed by atoms with Crippen molar-refractivity contribution in [2.75, 3.05) is 32.8 Å². The highest BCUT2D eigenvalue weighted by Crippen LogP contribution is 2.30. The van der Waals surface area contributed by atoms with Crippen molar-refractivity contribution in [1.82, 2.24) is 15.1 Å². The van der Waals surface area contributed by atoms with E-state index in [4.69, 9.17) is 9.15 Å². The molecular weight excluding hydrogens is 350 g/mol. The molecule has 1 unspecified atom stereocenters. The molecule has 142 valence electrons. The van der Waals surface area contributed by atoms with Crippen LogP contribution < -0.4 is 10.1 Å². The minimum Gasteiger partial charge on any atom is -0.494 e. The predicted molar refractivity (Wildman–Crippen MR) is 96.5 cm³/mol. The van der Waals surface area contributed by atoms with Gasteiger partial charge in [-0.2, -0.15) is 0 Å². The normalized spacial score (nSPS) is 19.9. The van der Waals surface area contributed by atoms with Gasteiger partial charge in [-0.15, -0.1) is 0 Å². The molecule has 1 aromatic heterocycles. The number of piperazine rings is 2. The number of ether oxygens (including phenoxy) is 1. The van der Waals surface area contributed by atoms with Crippen molar-refractivity contribution in [3.05, 3.63) is 29.5 Å². The second-order valence-electron chi connectivity index (χ2n) is 6.70. The standard InChI is InChI=1S/C19H21N3O5/c1-3-26-12-4-5-15-13(8-12)17(11(2)27-15)19(25)21-6-7-22-14(10-21)18(24)20-9-16(22)23/h4-5,8,14H,3,6-7,9-10H2,1-2H3,(H,20,24). The van der Waals surface area contributed by atoms with E-state index in [2.05, 4.69) is 5.32 Å². The first kappa shape index (κ1) is 17.4. The van der Waals surface area contributed by atoms with E-state index >= 15 is 0 Å². The lowest BCUT2D eigenvalue weighted by Gasteiger charge is -2.42. The van der Waals surface area contributed by atoms with Crippen molar-refractivity contribution in [3.63, 3.8) is 0 Å². The van der Waals surface area contributed by atoms with Crippen LogP contribution in [0.2, 0.25) is 0 Å². The number of aryl methyl sites for hydroxylation is 1. The van der Waals surface area contributed by atoms with Gasteiger partial charge in [0.2, 0.25) is 11.8 Å². The number of amides is 3. The Morgan fingerprint density at radius 1 is 1.33 bits per heavy atom. The molecule has 0 aliphatic carbocycles. The van der Waals surface area contributed by atoms with Crippen LogP contribution in [-0.2, 0) is 9.59 Å². The van der Waals surface area contributed by atoms with Crippen molar-refractivity contribution in [3.8, 4) is 5.75 Å². The Morgan fingerprint density at radius 3 is 2.93 bits per heavy atom. The van der Waals surface area contributed by atoms with E-state index in [1.54, 1.807) is 34.9 Å². The number of carbonyl (C=O) groups is 3. The highest BCUT2D eigenvalue weighted by molar-refractivity contribution is 6.08. The molecule has 0 bridgehead atoms. The van der Waals surface area contributed by atoms with Crippen molar-refractivity contribution in [2.24, 2.45) is 0 Å². The van der Waals surface area contributed by atoms with Crippen molar-refractivity contribution in [1.29, 1.82) is 0 Å². The molecule has 27 heavy (non-hydrogen) atoms. The second-order valence-corrected chi connectivity index (χ2v) is 6.70. The Kier molecular flexibility index (Phi) is 4.25. The fourth-order valence-electron chi connectivity index (χ4n) is 3.75. The van der Waals surface area contributed by atoms with Gasteiger partial charge in [0.05, 0.1) is 25.3 Å². The Labute approximate surface area is 156 Å². The SMILES string of the molecule is CCOc1ccc2oc(C)c(C(=O)N3CCN4C(=O)CNC(=O)C4C3)c2c1. The maximum Gasteiger partial charge on any atom is 0.258 e. The van der Waals surface area contributed by atoms with Gasteiger partial charge in [-0.1, -0.05) is 0 Å². The Hall–Kier alpha value is -3.03. The van der Waals surface area contributed by atoms with Crippen LogP contribution in [0.1, 0.15) is 23.0 Å². The number of hydrogen-bond donors (Lipinski definition) is 1. The molecule has 1 N–H and O–H groups in total. The quantitative estimate of drug-likeness (QED) is 0.866. The van der Waals surface area contributed by atoms with Crippen molar-refractivity contribution >= 4 is 28.7 Å². The number of carbonyl (C=O) groups excluding carboxylic acids is 3. The van der Waals surface area contributed by atoms with E-state index in [-0.39, 0.29) is 30.8 Å². The zero-order valence-electron chi connectivity index (χ0n) is 15.3. The Morgan fingerprint density at radius 2 is 2.15 bits per heavy atom. The highest BCUT2D eigenvalue weighted by Gasteiger charge is 2.40. The first-order valence-electron chi connectivity index (χ1n) is 9.02. The molecule has 0 radical (unpaired) electrons. The fraction of sp³-hybridized carbons (Fsp3) is 0.421. The number of rotatable bonds is 3. The smallest absolute Gasteiger partial charge is 0.258 e. The van der Waals surface area contributed by atoms with E-state index in [0.717, 1.165) is 0 Å². The molecule has 2 aromatic rings. The van der Waals surface area contributed by atoms with Crippen LogP contribution >= 0.6 is 0 Å². The molecular formula is C19H21N3O5. The predicted octanol–water partition coefficient (Wildman–Crippen LogP) is 0.923. The van der Waals surface area contributed by atoms with Gasteiger partial charge in [0.1, 0.15) is 23.1 Å². The number of hydrogen-bond acceptors (Lipinski definition) is 5. The van der Waals surface area contributed by atoms with Gasteiger partial charge in [0.15, 0.2) is 0 Å².